The Kier molecular flexibility index (Phi) is 4.91. The SMILES string of the molecule is CCCc1cccc(C2(c3ccc(O)c(C(C)C)c3)OC(=O)c3ccccc32)c1. The molecule has 1 heterocycles. The summed E-state index contributed by atoms with van der Waals surface area (Å²) in [6.07, 6.45) is 2.01. The average Bonchev–Trinajstić information content (AvgIpc) is 3.02. The van der Waals surface area contributed by atoms with E-state index in [1.165, 1.54) is 5.56 Å². The van der Waals surface area contributed by atoms with E-state index in [2.05, 4.69) is 19.1 Å². The van der Waals surface area contributed by atoms with Gasteiger partial charge in [-0.2, -0.15) is 0 Å². The zero-order valence-corrected chi connectivity index (χ0v) is 17.1. The maximum atomic E-state index is 12.9. The van der Waals surface area contributed by atoms with E-state index in [0.717, 1.165) is 35.1 Å². The van der Waals surface area contributed by atoms with Crippen molar-refractivity contribution in [2.24, 2.45) is 0 Å². The average molecular weight is 386 g/mol. The van der Waals surface area contributed by atoms with E-state index in [9.17, 15) is 9.90 Å². The lowest BCUT2D eigenvalue weighted by atomic mass is 9.78. The number of aryl methyl sites for hydroxylation is 1. The standard InChI is InChI=1S/C26H26O3/c1-4-8-18-9-7-10-19(15-18)26(20-13-14-24(27)22(16-20)17(2)3)23-12-6-5-11-21(23)25(28)29-26/h5-7,9-17,27H,4,8H2,1-3H3. The minimum atomic E-state index is -1.02. The van der Waals surface area contributed by atoms with Crippen molar-refractivity contribution in [1.82, 2.24) is 0 Å². The Morgan fingerprint density at radius 2 is 1.72 bits per heavy atom. The summed E-state index contributed by atoms with van der Waals surface area (Å²) < 4.78 is 6.18. The van der Waals surface area contributed by atoms with Crippen molar-refractivity contribution in [3.05, 3.63) is 100 Å². The summed E-state index contributed by atoms with van der Waals surface area (Å²) in [4.78, 5) is 12.9. The summed E-state index contributed by atoms with van der Waals surface area (Å²) >= 11 is 0. The van der Waals surface area contributed by atoms with Gasteiger partial charge in [0.15, 0.2) is 5.60 Å². The lowest BCUT2D eigenvalue weighted by molar-refractivity contribution is 0.0251. The van der Waals surface area contributed by atoms with Gasteiger partial charge in [-0.05, 0) is 41.7 Å². The molecule has 0 amide bonds. The second-order valence-corrected chi connectivity index (χ2v) is 7.99. The van der Waals surface area contributed by atoms with Crippen LogP contribution in [-0.4, -0.2) is 11.1 Å². The lowest BCUT2D eigenvalue weighted by Crippen LogP contribution is -2.30. The fourth-order valence-corrected chi connectivity index (χ4v) is 4.28. The molecule has 4 rings (SSSR count). The van der Waals surface area contributed by atoms with E-state index in [0.29, 0.717) is 5.56 Å². The van der Waals surface area contributed by atoms with Crippen LogP contribution < -0.4 is 0 Å². The topological polar surface area (TPSA) is 46.5 Å². The number of carbonyl (C=O) groups is 1. The molecule has 1 aliphatic rings. The zero-order chi connectivity index (χ0) is 20.6. The summed E-state index contributed by atoms with van der Waals surface area (Å²) in [7, 11) is 0. The number of aromatic hydroxyl groups is 1. The molecular weight excluding hydrogens is 360 g/mol. The Hall–Kier alpha value is -3.07. The van der Waals surface area contributed by atoms with Crippen molar-refractivity contribution in [2.45, 2.75) is 45.1 Å². The third-order valence-corrected chi connectivity index (χ3v) is 5.70. The van der Waals surface area contributed by atoms with E-state index in [1.807, 2.05) is 62.4 Å². The van der Waals surface area contributed by atoms with Gasteiger partial charge in [0, 0.05) is 16.7 Å². The Balaban J connectivity index is 2.02. The molecule has 0 spiro atoms. The van der Waals surface area contributed by atoms with Crippen molar-refractivity contribution in [3.63, 3.8) is 0 Å². The highest BCUT2D eigenvalue weighted by Gasteiger charge is 2.48. The molecule has 1 aliphatic heterocycles. The third kappa shape index (κ3) is 3.11. The molecule has 1 unspecified atom stereocenters. The van der Waals surface area contributed by atoms with E-state index >= 15 is 0 Å². The predicted octanol–water partition coefficient (Wildman–Crippen LogP) is 5.93. The van der Waals surface area contributed by atoms with Crippen molar-refractivity contribution in [1.29, 1.82) is 0 Å². The molecule has 0 bridgehead atoms. The van der Waals surface area contributed by atoms with Gasteiger partial charge in [-0.3, -0.25) is 0 Å². The molecule has 0 aliphatic carbocycles. The van der Waals surface area contributed by atoms with Crippen molar-refractivity contribution in [3.8, 4) is 5.75 Å². The highest BCUT2D eigenvalue weighted by Crippen LogP contribution is 2.48. The fourth-order valence-electron chi connectivity index (χ4n) is 4.28. The first-order chi connectivity index (χ1) is 14.0. The van der Waals surface area contributed by atoms with Gasteiger partial charge in [0.05, 0.1) is 5.56 Å². The van der Waals surface area contributed by atoms with Crippen LogP contribution in [0.15, 0.2) is 66.7 Å². The van der Waals surface area contributed by atoms with Crippen LogP contribution >= 0.6 is 0 Å². The molecule has 148 valence electrons. The van der Waals surface area contributed by atoms with Crippen LogP contribution in [0.4, 0.5) is 0 Å². The lowest BCUT2D eigenvalue weighted by Gasteiger charge is -2.31. The summed E-state index contributed by atoms with van der Waals surface area (Å²) in [5, 5.41) is 10.4. The highest BCUT2D eigenvalue weighted by atomic mass is 16.6. The minimum Gasteiger partial charge on any atom is -0.508 e. The molecule has 0 fully saturated rings. The first-order valence-corrected chi connectivity index (χ1v) is 10.2. The van der Waals surface area contributed by atoms with E-state index in [4.69, 9.17) is 4.74 Å². The van der Waals surface area contributed by atoms with Crippen LogP contribution in [-0.2, 0) is 16.8 Å². The number of rotatable bonds is 5. The van der Waals surface area contributed by atoms with Gasteiger partial charge in [0.2, 0.25) is 0 Å². The van der Waals surface area contributed by atoms with Gasteiger partial charge in [0.25, 0.3) is 0 Å². The van der Waals surface area contributed by atoms with Crippen LogP contribution in [0.1, 0.15) is 71.3 Å². The Morgan fingerprint density at radius 1 is 0.966 bits per heavy atom. The first kappa shape index (κ1) is 19.3. The first-order valence-electron chi connectivity index (χ1n) is 10.2. The van der Waals surface area contributed by atoms with Crippen molar-refractivity contribution < 1.29 is 14.6 Å². The summed E-state index contributed by atoms with van der Waals surface area (Å²) in [6, 6.07) is 21.4. The molecule has 0 radical (unpaired) electrons. The number of hydrogen-bond donors (Lipinski definition) is 1. The van der Waals surface area contributed by atoms with Gasteiger partial charge in [0.1, 0.15) is 5.75 Å². The number of cyclic esters (lactones) is 1. The van der Waals surface area contributed by atoms with Crippen LogP contribution in [0.3, 0.4) is 0 Å². The third-order valence-electron chi connectivity index (χ3n) is 5.70. The highest BCUT2D eigenvalue weighted by molar-refractivity contribution is 5.96. The molecule has 3 heteroatoms. The largest absolute Gasteiger partial charge is 0.508 e. The van der Waals surface area contributed by atoms with Gasteiger partial charge in [-0.15, -0.1) is 0 Å². The van der Waals surface area contributed by atoms with Crippen LogP contribution in [0.2, 0.25) is 0 Å². The van der Waals surface area contributed by atoms with Gasteiger partial charge in [-0.25, -0.2) is 4.79 Å². The summed E-state index contributed by atoms with van der Waals surface area (Å²) in [5.74, 6) is 0.0858. The number of phenolic OH excluding ortho intramolecular Hbond substituents is 1. The maximum Gasteiger partial charge on any atom is 0.340 e. The minimum absolute atomic E-state index is 0.144. The van der Waals surface area contributed by atoms with E-state index < -0.39 is 5.60 Å². The summed E-state index contributed by atoms with van der Waals surface area (Å²) in [6.45, 7) is 6.24. The molecule has 0 saturated heterocycles. The monoisotopic (exact) mass is 386 g/mol. The van der Waals surface area contributed by atoms with Crippen molar-refractivity contribution >= 4 is 5.97 Å². The zero-order valence-electron chi connectivity index (χ0n) is 17.1. The van der Waals surface area contributed by atoms with Crippen LogP contribution in [0, 0.1) is 0 Å². The number of phenols is 1. The number of hydrogen-bond acceptors (Lipinski definition) is 3. The number of ether oxygens (including phenoxy) is 1. The molecule has 3 aromatic carbocycles. The fraction of sp³-hybridized carbons (Fsp3) is 0.269. The molecule has 29 heavy (non-hydrogen) atoms. The number of esters is 1. The van der Waals surface area contributed by atoms with Gasteiger partial charge >= 0.3 is 5.97 Å². The smallest absolute Gasteiger partial charge is 0.340 e. The van der Waals surface area contributed by atoms with Gasteiger partial charge in [-0.1, -0.05) is 75.7 Å². The molecule has 0 saturated carbocycles. The molecular formula is C26H26O3. The maximum absolute atomic E-state index is 12.9. The second kappa shape index (κ2) is 7.40. The molecule has 3 nitrogen and oxygen atoms in total. The van der Waals surface area contributed by atoms with Crippen molar-refractivity contribution in [2.75, 3.05) is 0 Å². The van der Waals surface area contributed by atoms with Crippen LogP contribution in [0.25, 0.3) is 0 Å². The van der Waals surface area contributed by atoms with Crippen LogP contribution in [0.5, 0.6) is 5.75 Å². The molecule has 3 aromatic rings. The Morgan fingerprint density at radius 3 is 2.48 bits per heavy atom. The molecule has 1 N–H and O–H groups in total. The van der Waals surface area contributed by atoms with Gasteiger partial charge < -0.3 is 9.84 Å². The number of fused-ring (bicyclic) bond motifs is 1. The molecule has 0 aromatic heterocycles. The second-order valence-electron chi connectivity index (χ2n) is 7.99. The summed E-state index contributed by atoms with van der Waals surface area (Å²) in [5.41, 5.74) is 4.26. The number of carbonyl (C=O) groups excluding carboxylic acids is 1. The van der Waals surface area contributed by atoms with E-state index in [-0.39, 0.29) is 17.6 Å². The normalized spacial score (nSPS) is 18.0. The Bertz CT molecular complexity index is 1070. The van der Waals surface area contributed by atoms with E-state index in [1.54, 1.807) is 6.07 Å². The number of benzene rings is 3. The quantitative estimate of drug-likeness (QED) is 0.553. The predicted molar refractivity (Wildman–Crippen MR) is 114 cm³/mol. The molecule has 1 atom stereocenters. The Labute approximate surface area is 172 Å².